The highest BCUT2D eigenvalue weighted by Crippen LogP contribution is 2.25. The second-order valence-electron chi connectivity index (χ2n) is 4.20. The zero-order valence-electron chi connectivity index (χ0n) is 10.4. The highest BCUT2D eigenvalue weighted by molar-refractivity contribution is 9.10. The number of benzene rings is 1. The van der Waals surface area contributed by atoms with Crippen molar-refractivity contribution in [3.63, 3.8) is 0 Å². The number of aromatic nitrogens is 1. The van der Waals surface area contributed by atoms with Gasteiger partial charge in [0, 0.05) is 17.6 Å². The second kappa shape index (κ2) is 5.25. The highest BCUT2D eigenvalue weighted by atomic mass is 79.9. The fourth-order valence-corrected chi connectivity index (χ4v) is 2.21. The molecule has 4 nitrogen and oxygen atoms in total. The van der Waals surface area contributed by atoms with Gasteiger partial charge in [-0.25, -0.2) is 8.78 Å². The van der Waals surface area contributed by atoms with Crippen molar-refractivity contribution >= 4 is 38.4 Å². The van der Waals surface area contributed by atoms with Gasteiger partial charge in [-0.1, -0.05) is 0 Å². The summed E-state index contributed by atoms with van der Waals surface area (Å²) in [5.41, 5.74) is 0.228. The van der Waals surface area contributed by atoms with E-state index in [0.717, 1.165) is 12.1 Å². The summed E-state index contributed by atoms with van der Waals surface area (Å²) >= 11 is 3.09. The summed E-state index contributed by atoms with van der Waals surface area (Å²) < 4.78 is 32.5. The topological polar surface area (TPSA) is 55.1 Å². The van der Waals surface area contributed by atoms with Gasteiger partial charge in [0.05, 0.1) is 5.69 Å². The van der Waals surface area contributed by atoms with E-state index < -0.39 is 17.5 Å². The number of pyridine rings is 1. The molecule has 0 aliphatic heterocycles. The van der Waals surface area contributed by atoms with E-state index in [2.05, 4.69) is 26.2 Å². The maximum absolute atomic E-state index is 13.7. The first-order valence-corrected chi connectivity index (χ1v) is 6.64. The number of carbonyl (C=O) groups is 1. The fourth-order valence-electron chi connectivity index (χ4n) is 1.91. The van der Waals surface area contributed by atoms with Crippen LogP contribution in [0, 0.1) is 11.6 Å². The first-order valence-electron chi connectivity index (χ1n) is 5.85. The van der Waals surface area contributed by atoms with Crippen LogP contribution in [-0.4, -0.2) is 10.9 Å². The van der Waals surface area contributed by atoms with Crippen LogP contribution in [0.5, 0.6) is 0 Å². The van der Waals surface area contributed by atoms with E-state index in [4.69, 9.17) is 4.42 Å². The van der Waals surface area contributed by atoms with E-state index in [1.807, 2.05) is 0 Å². The number of nitrogens with zero attached hydrogens (tertiary/aromatic N) is 1. The molecular weight excluding hydrogens is 346 g/mol. The highest BCUT2D eigenvalue weighted by Gasteiger charge is 2.14. The number of amides is 1. The van der Waals surface area contributed by atoms with Crippen LogP contribution in [0.15, 0.2) is 45.6 Å². The van der Waals surface area contributed by atoms with Crippen LogP contribution in [-0.2, 0) is 0 Å². The number of hydrogen-bond acceptors (Lipinski definition) is 3. The molecule has 0 unspecified atom stereocenters. The van der Waals surface area contributed by atoms with Gasteiger partial charge in [0.15, 0.2) is 16.2 Å². The van der Waals surface area contributed by atoms with E-state index in [0.29, 0.717) is 4.67 Å². The number of halogens is 3. The Labute approximate surface area is 125 Å². The number of anilines is 1. The standard InChI is InChI=1S/C14H7BrF2N2O2/c15-12-2-1-11(21-12)14(20)19-10-3-4-18-13-8(10)5-7(16)6-9(13)17/h1-6H,(H,18,19,20). The lowest BCUT2D eigenvalue weighted by atomic mass is 10.1. The van der Waals surface area contributed by atoms with Crippen molar-refractivity contribution in [3.05, 3.63) is 58.6 Å². The molecule has 21 heavy (non-hydrogen) atoms. The van der Waals surface area contributed by atoms with E-state index in [9.17, 15) is 13.6 Å². The normalized spacial score (nSPS) is 10.8. The van der Waals surface area contributed by atoms with Crippen molar-refractivity contribution in [1.82, 2.24) is 4.98 Å². The largest absolute Gasteiger partial charge is 0.444 e. The summed E-state index contributed by atoms with van der Waals surface area (Å²) in [6, 6.07) is 6.35. The molecule has 3 aromatic rings. The van der Waals surface area contributed by atoms with Gasteiger partial charge in [0.25, 0.3) is 5.91 Å². The minimum Gasteiger partial charge on any atom is -0.444 e. The molecule has 2 heterocycles. The van der Waals surface area contributed by atoms with Crippen LogP contribution >= 0.6 is 15.9 Å². The Bertz CT molecular complexity index is 848. The van der Waals surface area contributed by atoms with Crippen molar-refractivity contribution < 1.29 is 18.0 Å². The maximum Gasteiger partial charge on any atom is 0.291 e. The van der Waals surface area contributed by atoms with Gasteiger partial charge in [0.1, 0.15) is 11.3 Å². The van der Waals surface area contributed by atoms with Crippen LogP contribution in [0.25, 0.3) is 10.9 Å². The third kappa shape index (κ3) is 2.64. The minimum absolute atomic E-state index is 0.0187. The van der Waals surface area contributed by atoms with Crippen molar-refractivity contribution in [2.45, 2.75) is 0 Å². The molecule has 106 valence electrons. The molecule has 0 fully saturated rings. The van der Waals surface area contributed by atoms with Gasteiger partial charge in [-0.15, -0.1) is 0 Å². The molecule has 3 rings (SSSR count). The number of fused-ring (bicyclic) bond motifs is 1. The lowest BCUT2D eigenvalue weighted by Gasteiger charge is -2.07. The Morgan fingerprint density at radius 1 is 1.24 bits per heavy atom. The first kappa shape index (κ1) is 13.7. The molecule has 1 amide bonds. The van der Waals surface area contributed by atoms with Crippen molar-refractivity contribution in [1.29, 1.82) is 0 Å². The van der Waals surface area contributed by atoms with E-state index in [1.165, 1.54) is 18.3 Å². The molecule has 0 saturated heterocycles. The molecule has 0 spiro atoms. The van der Waals surface area contributed by atoms with Crippen LogP contribution < -0.4 is 5.32 Å². The number of carbonyl (C=O) groups excluding carboxylic acids is 1. The molecule has 7 heteroatoms. The third-order valence-corrected chi connectivity index (χ3v) is 3.23. The average molecular weight is 353 g/mol. The van der Waals surface area contributed by atoms with Gasteiger partial charge in [-0.2, -0.15) is 0 Å². The SMILES string of the molecule is O=C(Nc1ccnc2c(F)cc(F)cc12)c1ccc(Br)o1. The zero-order chi connectivity index (χ0) is 15.0. The minimum atomic E-state index is -0.790. The molecule has 0 atom stereocenters. The Kier molecular flexibility index (Phi) is 3.42. The third-order valence-electron chi connectivity index (χ3n) is 2.81. The fraction of sp³-hybridized carbons (Fsp3) is 0. The Balaban J connectivity index is 2.03. The molecule has 0 bridgehead atoms. The van der Waals surface area contributed by atoms with Gasteiger partial charge < -0.3 is 9.73 Å². The smallest absolute Gasteiger partial charge is 0.291 e. The Morgan fingerprint density at radius 3 is 2.76 bits per heavy atom. The van der Waals surface area contributed by atoms with Gasteiger partial charge in [-0.05, 0) is 40.2 Å². The maximum atomic E-state index is 13.7. The molecule has 2 aromatic heterocycles. The zero-order valence-corrected chi connectivity index (χ0v) is 11.9. The summed E-state index contributed by atoms with van der Waals surface area (Å²) in [6.45, 7) is 0. The Morgan fingerprint density at radius 2 is 2.05 bits per heavy atom. The number of furan rings is 1. The lowest BCUT2D eigenvalue weighted by molar-refractivity contribution is 0.0995. The summed E-state index contributed by atoms with van der Waals surface area (Å²) in [6.07, 6.45) is 1.33. The van der Waals surface area contributed by atoms with Crippen molar-refractivity contribution in [3.8, 4) is 0 Å². The molecular formula is C14H7BrF2N2O2. The van der Waals surface area contributed by atoms with E-state index in [-0.39, 0.29) is 22.4 Å². The predicted molar refractivity (Wildman–Crippen MR) is 76.0 cm³/mol. The number of nitrogens with one attached hydrogen (secondary N) is 1. The monoisotopic (exact) mass is 352 g/mol. The van der Waals surface area contributed by atoms with Gasteiger partial charge >= 0.3 is 0 Å². The molecule has 1 N–H and O–H groups in total. The second-order valence-corrected chi connectivity index (χ2v) is 4.98. The van der Waals surface area contributed by atoms with Crippen LogP contribution in [0.4, 0.5) is 14.5 Å². The average Bonchev–Trinajstić information content (AvgIpc) is 2.86. The summed E-state index contributed by atoms with van der Waals surface area (Å²) in [5.74, 6) is -1.99. The van der Waals surface area contributed by atoms with E-state index >= 15 is 0 Å². The van der Waals surface area contributed by atoms with Gasteiger partial charge in [0.2, 0.25) is 0 Å². The summed E-state index contributed by atoms with van der Waals surface area (Å²) in [4.78, 5) is 15.9. The predicted octanol–water partition coefficient (Wildman–Crippen LogP) is 4.12. The van der Waals surface area contributed by atoms with E-state index in [1.54, 1.807) is 6.07 Å². The number of rotatable bonds is 2. The summed E-state index contributed by atoms with van der Waals surface area (Å²) in [5, 5.41) is 2.72. The lowest BCUT2D eigenvalue weighted by Crippen LogP contribution is -2.11. The molecule has 0 aliphatic carbocycles. The first-order chi connectivity index (χ1) is 10.0. The summed E-state index contributed by atoms with van der Waals surface area (Å²) in [7, 11) is 0. The van der Waals surface area contributed by atoms with Crippen LogP contribution in [0.3, 0.4) is 0 Å². The van der Waals surface area contributed by atoms with Crippen LogP contribution in [0.1, 0.15) is 10.6 Å². The van der Waals surface area contributed by atoms with Crippen LogP contribution in [0.2, 0.25) is 0 Å². The molecule has 1 aromatic carbocycles. The molecule has 0 radical (unpaired) electrons. The van der Waals surface area contributed by atoms with Gasteiger partial charge in [-0.3, -0.25) is 9.78 Å². The molecule has 0 aliphatic rings. The van der Waals surface area contributed by atoms with Crippen molar-refractivity contribution in [2.75, 3.05) is 5.32 Å². The van der Waals surface area contributed by atoms with Crippen molar-refractivity contribution in [2.24, 2.45) is 0 Å². The number of hydrogen-bond donors (Lipinski definition) is 1. The Hall–Kier alpha value is -2.28. The quantitative estimate of drug-likeness (QED) is 0.754. The molecule has 0 saturated carbocycles.